The number of anilines is 1. The van der Waals surface area contributed by atoms with Crippen LogP contribution in [0.4, 0.5) is 10.1 Å². The second kappa shape index (κ2) is 5.42. The van der Waals surface area contributed by atoms with E-state index >= 15 is 0 Å². The Kier molecular flexibility index (Phi) is 3.90. The van der Waals surface area contributed by atoms with Gasteiger partial charge >= 0.3 is 0 Å². The molecule has 3 heteroatoms. The van der Waals surface area contributed by atoms with Crippen LogP contribution in [0.3, 0.4) is 0 Å². The molecular formula is C15H21FN2. The van der Waals surface area contributed by atoms with Gasteiger partial charge in [0.05, 0.1) is 5.69 Å². The number of rotatable bonds is 3. The molecule has 0 unspecified atom stereocenters. The summed E-state index contributed by atoms with van der Waals surface area (Å²) in [6.07, 6.45) is 0.985. The van der Waals surface area contributed by atoms with E-state index in [0.29, 0.717) is 0 Å². The van der Waals surface area contributed by atoms with Crippen LogP contribution < -0.4 is 4.90 Å². The van der Waals surface area contributed by atoms with Gasteiger partial charge in [0.2, 0.25) is 0 Å². The first-order valence-electron chi connectivity index (χ1n) is 6.55. The van der Waals surface area contributed by atoms with Crippen molar-refractivity contribution in [2.75, 3.05) is 31.1 Å². The fourth-order valence-corrected chi connectivity index (χ4v) is 2.36. The SMILES string of the molecule is C=C(CC)N1CCN(c2ccc(C)cc2F)CC1. The van der Waals surface area contributed by atoms with Gasteiger partial charge in [0.25, 0.3) is 0 Å². The summed E-state index contributed by atoms with van der Waals surface area (Å²) in [6, 6.07) is 5.46. The highest BCUT2D eigenvalue weighted by atomic mass is 19.1. The molecule has 0 bridgehead atoms. The van der Waals surface area contributed by atoms with Gasteiger partial charge in [-0.05, 0) is 31.0 Å². The molecule has 2 nitrogen and oxygen atoms in total. The summed E-state index contributed by atoms with van der Waals surface area (Å²) in [5.41, 5.74) is 2.87. The lowest BCUT2D eigenvalue weighted by atomic mass is 10.2. The number of nitrogens with zero attached hydrogens (tertiary/aromatic N) is 2. The molecule has 0 atom stereocenters. The Hall–Kier alpha value is -1.51. The molecular weight excluding hydrogens is 227 g/mol. The van der Waals surface area contributed by atoms with Crippen molar-refractivity contribution in [3.8, 4) is 0 Å². The first kappa shape index (κ1) is 12.9. The molecule has 2 rings (SSSR count). The lowest BCUT2D eigenvalue weighted by Gasteiger charge is -2.38. The largest absolute Gasteiger partial charge is 0.372 e. The van der Waals surface area contributed by atoms with Crippen molar-refractivity contribution in [3.05, 3.63) is 41.9 Å². The molecule has 1 aliphatic heterocycles. The van der Waals surface area contributed by atoms with Crippen LogP contribution in [0, 0.1) is 12.7 Å². The van der Waals surface area contributed by atoms with Crippen molar-refractivity contribution in [2.45, 2.75) is 20.3 Å². The van der Waals surface area contributed by atoms with E-state index in [2.05, 4.69) is 23.3 Å². The van der Waals surface area contributed by atoms with Gasteiger partial charge in [-0.25, -0.2) is 4.39 Å². The zero-order valence-electron chi connectivity index (χ0n) is 11.2. The molecule has 1 saturated heterocycles. The maximum atomic E-state index is 13.9. The Morgan fingerprint density at radius 1 is 1.28 bits per heavy atom. The fourth-order valence-electron chi connectivity index (χ4n) is 2.36. The van der Waals surface area contributed by atoms with Crippen molar-refractivity contribution in [3.63, 3.8) is 0 Å². The summed E-state index contributed by atoms with van der Waals surface area (Å²) in [5.74, 6) is -0.113. The predicted octanol–water partition coefficient (Wildman–Crippen LogP) is 3.18. The topological polar surface area (TPSA) is 6.48 Å². The molecule has 0 N–H and O–H groups in total. The average Bonchev–Trinajstić information content (AvgIpc) is 2.38. The molecule has 0 saturated carbocycles. The number of hydrogen-bond donors (Lipinski definition) is 0. The molecule has 0 aliphatic carbocycles. The lowest BCUT2D eigenvalue weighted by Crippen LogP contribution is -2.45. The van der Waals surface area contributed by atoms with Gasteiger partial charge in [-0.1, -0.05) is 19.6 Å². The Labute approximate surface area is 109 Å². The highest BCUT2D eigenvalue weighted by Crippen LogP contribution is 2.22. The van der Waals surface area contributed by atoms with Gasteiger partial charge in [-0.2, -0.15) is 0 Å². The van der Waals surface area contributed by atoms with E-state index < -0.39 is 0 Å². The van der Waals surface area contributed by atoms with Crippen molar-refractivity contribution in [1.82, 2.24) is 4.90 Å². The number of allylic oxidation sites excluding steroid dienone is 1. The van der Waals surface area contributed by atoms with E-state index in [1.807, 2.05) is 19.1 Å². The summed E-state index contributed by atoms with van der Waals surface area (Å²) in [5, 5.41) is 0. The third kappa shape index (κ3) is 2.66. The summed E-state index contributed by atoms with van der Waals surface area (Å²) in [4.78, 5) is 4.41. The third-order valence-corrected chi connectivity index (χ3v) is 3.58. The zero-order chi connectivity index (χ0) is 13.1. The van der Waals surface area contributed by atoms with Gasteiger partial charge in [0, 0.05) is 31.9 Å². The summed E-state index contributed by atoms with van der Waals surface area (Å²) in [7, 11) is 0. The molecule has 1 aromatic carbocycles. The lowest BCUT2D eigenvalue weighted by molar-refractivity contribution is 0.314. The van der Waals surface area contributed by atoms with Gasteiger partial charge in [-0.15, -0.1) is 0 Å². The van der Waals surface area contributed by atoms with Crippen LogP contribution in [0.5, 0.6) is 0 Å². The van der Waals surface area contributed by atoms with Gasteiger partial charge in [0.15, 0.2) is 0 Å². The van der Waals surface area contributed by atoms with Crippen LogP contribution in [0.25, 0.3) is 0 Å². The van der Waals surface area contributed by atoms with E-state index in [4.69, 9.17) is 0 Å². The summed E-state index contributed by atoms with van der Waals surface area (Å²) in [6.45, 7) is 11.7. The molecule has 18 heavy (non-hydrogen) atoms. The van der Waals surface area contributed by atoms with Crippen molar-refractivity contribution in [1.29, 1.82) is 0 Å². The predicted molar refractivity (Wildman–Crippen MR) is 74.4 cm³/mol. The standard InChI is InChI=1S/C15H21FN2/c1-4-13(3)17-7-9-18(10-8-17)15-6-5-12(2)11-14(15)16/h5-6,11H,3-4,7-10H2,1-2H3. The average molecular weight is 248 g/mol. The molecule has 98 valence electrons. The molecule has 0 spiro atoms. The summed E-state index contributed by atoms with van der Waals surface area (Å²) >= 11 is 0. The smallest absolute Gasteiger partial charge is 0.146 e. The number of halogens is 1. The van der Waals surface area contributed by atoms with Crippen LogP contribution in [0.2, 0.25) is 0 Å². The minimum Gasteiger partial charge on any atom is -0.372 e. The Morgan fingerprint density at radius 2 is 1.94 bits per heavy atom. The fraction of sp³-hybridized carbons (Fsp3) is 0.467. The second-order valence-electron chi connectivity index (χ2n) is 4.85. The van der Waals surface area contributed by atoms with Gasteiger partial charge in [0.1, 0.15) is 5.82 Å². The number of benzene rings is 1. The van der Waals surface area contributed by atoms with E-state index in [1.165, 1.54) is 5.70 Å². The monoisotopic (exact) mass is 248 g/mol. The first-order chi connectivity index (χ1) is 8.61. The summed E-state index contributed by atoms with van der Waals surface area (Å²) < 4.78 is 13.9. The van der Waals surface area contributed by atoms with E-state index in [9.17, 15) is 4.39 Å². The van der Waals surface area contributed by atoms with Crippen LogP contribution in [-0.2, 0) is 0 Å². The van der Waals surface area contributed by atoms with Crippen molar-refractivity contribution in [2.24, 2.45) is 0 Å². The Balaban J connectivity index is 2.03. The van der Waals surface area contributed by atoms with Crippen LogP contribution in [-0.4, -0.2) is 31.1 Å². The van der Waals surface area contributed by atoms with Crippen LogP contribution in [0.1, 0.15) is 18.9 Å². The van der Waals surface area contributed by atoms with E-state index in [-0.39, 0.29) is 5.82 Å². The minimum absolute atomic E-state index is 0.113. The highest BCUT2D eigenvalue weighted by molar-refractivity contribution is 5.49. The normalized spacial score (nSPS) is 15.9. The molecule has 0 aromatic heterocycles. The molecule has 1 aromatic rings. The second-order valence-corrected chi connectivity index (χ2v) is 4.85. The zero-order valence-corrected chi connectivity index (χ0v) is 11.2. The van der Waals surface area contributed by atoms with Crippen LogP contribution in [0.15, 0.2) is 30.5 Å². The first-order valence-corrected chi connectivity index (χ1v) is 6.55. The third-order valence-electron chi connectivity index (χ3n) is 3.58. The molecule has 1 heterocycles. The number of aryl methyl sites for hydroxylation is 1. The molecule has 0 radical (unpaired) electrons. The minimum atomic E-state index is -0.113. The van der Waals surface area contributed by atoms with E-state index in [0.717, 1.165) is 43.9 Å². The number of piperazine rings is 1. The Morgan fingerprint density at radius 3 is 2.50 bits per heavy atom. The van der Waals surface area contributed by atoms with Gasteiger partial charge < -0.3 is 9.80 Å². The molecule has 1 aliphatic rings. The maximum absolute atomic E-state index is 13.9. The molecule has 1 fully saturated rings. The van der Waals surface area contributed by atoms with Crippen LogP contribution >= 0.6 is 0 Å². The van der Waals surface area contributed by atoms with Crippen molar-refractivity contribution < 1.29 is 4.39 Å². The number of hydrogen-bond acceptors (Lipinski definition) is 2. The highest BCUT2D eigenvalue weighted by Gasteiger charge is 2.19. The quantitative estimate of drug-likeness (QED) is 0.810. The molecule has 0 amide bonds. The Bertz CT molecular complexity index is 434. The maximum Gasteiger partial charge on any atom is 0.146 e. The van der Waals surface area contributed by atoms with Crippen molar-refractivity contribution >= 4 is 5.69 Å². The van der Waals surface area contributed by atoms with E-state index in [1.54, 1.807) is 6.07 Å². The van der Waals surface area contributed by atoms with Gasteiger partial charge in [-0.3, -0.25) is 0 Å².